The van der Waals surface area contributed by atoms with Crippen molar-refractivity contribution in [2.75, 3.05) is 29.1 Å². The van der Waals surface area contributed by atoms with E-state index in [-0.39, 0.29) is 11.7 Å². The molecular formula is C24H28ClN5OS. The van der Waals surface area contributed by atoms with E-state index in [0.29, 0.717) is 10.2 Å². The molecule has 1 fully saturated rings. The molecule has 0 atom stereocenters. The number of aryl methyl sites for hydroxylation is 2. The Kier molecular flexibility index (Phi) is 7.37. The van der Waals surface area contributed by atoms with Crippen molar-refractivity contribution in [3.63, 3.8) is 0 Å². The number of anilines is 2. The zero-order valence-corrected chi connectivity index (χ0v) is 20.0. The number of carbonyl (C=O) groups is 1. The zero-order chi connectivity index (χ0) is 22.5. The maximum atomic E-state index is 12.9. The molecule has 0 aliphatic carbocycles. The molecule has 2 aromatic carbocycles. The number of aromatic nitrogens is 3. The van der Waals surface area contributed by atoms with Gasteiger partial charge in [-0.15, -0.1) is 10.2 Å². The highest BCUT2D eigenvalue weighted by Gasteiger charge is 2.24. The molecule has 0 spiro atoms. The molecule has 168 valence electrons. The molecule has 1 amide bonds. The van der Waals surface area contributed by atoms with Gasteiger partial charge in [0.2, 0.25) is 11.9 Å². The van der Waals surface area contributed by atoms with E-state index in [1.165, 1.54) is 11.8 Å². The lowest BCUT2D eigenvalue weighted by Gasteiger charge is -2.19. The fourth-order valence-corrected chi connectivity index (χ4v) is 4.99. The van der Waals surface area contributed by atoms with Gasteiger partial charge < -0.3 is 10.2 Å². The van der Waals surface area contributed by atoms with Crippen LogP contribution in [0.2, 0.25) is 5.02 Å². The van der Waals surface area contributed by atoms with Gasteiger partial charge in [0.25, 0.3) is 0 Å². The molecule has 0 saturated carbocycles. The van der Waals surface area contributed by atoms with Crippen molar-refractivity contribution in [2.45, 2.75) is 44.7 Å². The summed E-state index contributed by atoms with van der Waals surface area (Å²) >= 11 is 7.90. The normalized spacial score (nSPS) is 13.5. The van der Waals surface area contributed by atoms with Gasteiger partial charge in [0, 0.05) is 18.8 Å². The van der Waals surface area contributed by atoms with E-state index in [2.05, 4.69) is 46.4 Å². The highest BCUT2D eigenvalue weighted by atomic mass is 35.5. The van der Waals surface area contributed by atoms with Crippen molar-refractivity contribution < 1.29 is 4.79 Å². The van der Waals surface area contributed by atoms with Gasteiger partial charge in [0.15, 0.2) is 5.16 Å². The van der Waals surface area contributed by atoms with Crippen LogP contribution >= 0.6 is 23.4 Å². The zero-order valence-electron chi connectivity index (χ0n) is 18.5. The van der Waals surface area contributed by atoms with Crippen LogP contribution in [0.25, 0.3) is 5.69 Å². The van der Waals surface area contributed by atoms with Gasteiger partial charge in [-0.25, -0.2) is 0 Å². The smallest absolute Gasteiger partial charge is 0.234 e. The Hall–Kier alpha value is -2.51. The Labute approximate surface area is 198 Å². The van der Waals surface area contributed by atoms with E-state index in [1.807, 2.05) is 34.9 Å². The molecule has 1 aromatic heterocycles. The van der Waals surface area contributed by atoms with Gasteiger partial charge in [-0.05, 0) is 48.9 Å². The number of nitrogens with one attached hydrogen (secondary N) is 1. The summed E-state index contributed by atoms with van der Waals surface area (Å²) in [6.45, 7) is 6.10. The summed E-state index contributed by atoms with van der Waals surface area (Å²) in [5.41, 5.74) is 4.07. The van der Waals surface area contributed by atoms with Crippen molar-refractivity contribution in [1.29, 1.82) is 0 Å². The Morgan fingerprint density at radius 2 is 1.72 bits per heavy atom. The first-order valence-corrected chi connectivity index (χ1v) is 12.5. The summed E-state index contributed by atoms with van der Waals surface area (Å²) in [4.78, 5) is 15.1. The fourth-order valence-electron chi connectivity index (χ4n) is 4.03. The topological polar surface area (TPSA) is 63.1 Å². The van der Waals surface area contributed by atoms with Crippen LogP contribution in [0, 0.1) is 0 Å². The number of amides is 1. The molecule has 1 aliphatic heterocycles. The van der Waals surface area contributed by atoms with Crippen molar-refractivity contribution in [3.05, 3.63) is 58.6 Å². The summed E-state index contributed by atoms with van der Waals surface area (Å²) in [5, 5.41) is 13.3. The molecule has 8 heteroatoms. The Balaban J connectivity index is 1.56. The van der Waals surface area contributed by atoms with Crippen LogP contribution in [-0.4, -0.2) is 39.5 Å². The number of halogens is 1. The molecule has 2 heterocycles. The van der Waals surface area contributed by atoms with Gasteiger partial charge in [0.1, 0.15) is 0 Å². The van der Waals surface area contributed by atoms with E-state index in [4.69, 9.17) is 11.6 Å². The van der Waals surface area contributed by atoms with Gasteiger partial charge in [0.05, 0.1) is 16.5 Å². The van der Waals surface area contributed by atoms with Crippen LogP contribution in [0.4, 0.5) is 11.6 Å². The second-order valence-corrected chi connectivity index (χ2v) is 9.11. The lowest BCUT2D eigenvalue weighted by atomic mass is 10.0. The van der Waals surface area contributed by atoms with E-state index in [0.717, 1.165) is 67.2 Å². The predicted octanol–water partition coefficient (Wildman–Crippen LogP) is 5.38. The fraction of sp³-hybridized carbons (Fsp3) is 0.375. The van der Waals surface area contributed by atoms with Crippen LogP contribution in [0.3, 0.4) is 0 Å². The number of benzene rings is 2. The van der Waals surface area contributed by atoms with Gasteiger partial charge >= 0.3 is 0 Å². The molecule has 1 saturated heterocycles. The Bertz CT molecular complexity index is 1070. The first-order valence-electron chi connectivity index (χ1n) is 11.1. The lowest BCUT2D eigenvalue weighted by molar-refractivity contribution is -0.113. The van der Waals surface area contributed by atoms with Crippen molar-refractivity contribution in [1.82, 2.24) is 14.8 Å². The average Bonchev–Trinajstić information content (AvgIpc) is 3.48. The third-order valence-electron chi connectivity index (χ3n) is 5.69. The SMILES string of the molecule is CCc1cccc(CC)c1NC(=O)CSc1nnc(N2CCCC2)n1-c1ccccc1Cl. The van der Waals surface area contributed by atoms with E-state index in [1.54, 1.807) is 0 Å². The minimum Gasteiger partial charge on any atom is -0.341 e. The molecular weight excluding hydrogens is 442 g/mol. The minimum absolute atomic E-state index is 0.0537. The summed E-state index contributed by atoms with van der Waals surface area (Å²) in [6.07, 6.45) is 4.01. The standard InChI is InChI=1S/C24H28ClN5OS/c1-3-17-10-9-11-18(4-2)22(17)26-21(31)16-32-24-28-27-23(29-14-7-8-15-29)30(24)20-13-6-5-12-19(20)25/h5-6,9-13H,3-4,7-8,14-16H2,1-2H3,(H,26,31). The second kappa shape index (κ2) is 10.4. The predicted molar refractivity (Wildman–Crippen MR) is 132 cm³/mol. The average molecular weight is 470 g/mol. The van der Waals surface area contributed by atoms with E-state index >= 15 is 0 Å². The molecule has 6 nitrogen and oxygen atoms in total. The molecule has 1 N–H and O–H groups in total. The number of rotatable bonds is 8. The highest BCUT2D eigenvalue weighted by Crippen LogP contribution is 2.32. The third-order valence-corrected chi connectivity index (χ3v) is 6.94. The molecule has 0 unspecified atom stereocenters. The molecule has 4 rings (SSSR count). The van der Waals surface area contributed by atoms with Crippen LogP contribution in [0.1, 0.15) is 37.8 Å². The van der Waals surface area contributed by atoms with Crippen LogP contribution < -0.4 is 10.2 Å². The summed E-state index contributed by atoms with van der Waals surface area (Å²) in [5.74, 6) is 0.967. The molecule has 3 aromatic rings. The monoisotopic (exact) mass is 469 g/mol. The lowest BCUT2D eigenvalue weighted by Crippen LogP contribution is -2.22. The number of nitrogens with zero attached hydrogens (tertiary/aromatic N) is 4. The first-order chi connectivity index (χ1) is 15.6. The summed E-state index contributed by atoms with van der Waals surface area (Å²) in [7, 11) is 0. The minimum atomic E-state index is -0.0537. The van der Waals surface area contributed by atoms with Crippen LogP contribution in [0.15, 0.2) is 47.6 Å². The van der Waals surface area contributed by atoms with Crippen molar-refractivity contribution in [2.24, 2.45) is 0 Å². The Morgan fingerprint density at radius 3 is 2.38 bits per heavy atom. The van der Waals surface area contributed by atoms with Gasteiger partial charge in [-0.3, -0.25) is 9.36 Å². The first kappa shape index (κ1) is 22.7. The van der Waals surface area contributed by atoms with Crippen LogP contribution in [-0.2, 0) is 17.6 Å². The van der Waals surface area contributed by atoms with Gasteiger partial charge in [-0.1, -0.05) is 67.5 Å². The second-order valence-electron chi connectivity index (χ2n) is 7.76. The number of para-hydroxylation sites is 2. The van der Waals surface area contributed by atoms with Crippen LogP contribution in [0.5, 0.6) is 0 Å². The van der Waals surface area contributed by atoms with Gasteiger partial charge in [-0.2, -0.15) is 0 Å². The number of thioether (sulfide) groups is 1. The molecule has 1 aliphatic rings. The maximum absolute atomic E-state index is 12.9. The third kappa shape index (κ3) is 4.79. The number of carbonyl (C=O) groups excluding carboxylic acids is 1. The largest absolute Gasteiger partial charge is 0.341 e. The quantitative estimate of drug-likeness (QED) is 0.449. The van der Waals surface area contributed by atoms with Crippen molar-refractivity contribution in [3.8, 4) is 5.69 Å². The summed E-state index contributed by atoms with van der Waals surface area (Å²) < 4.78 is 1.98. The van der Waals surface area contributed by atoms with E-state index in [9.17, 15) is 4.79 Å². The summed E-state index contributed by atoms with van der Waals surface area (Å²) in [6, 6.07) is 13.9. The number of hydrogen-bond acceptors (Lipinski definition) is 5. The molecule has 32 heavy (non-hydrogen) atoms. The molecule has 0 radical (unpaired) electrons. The maximum Gasteiger partial charge on any atom is 0.234 e. The van der Waals surface area contributed by atoms with Crippen molar-refractivity contribution >= 4 is 40.9 Å². The van der Waals surface area contributed by atoms with E-state index < -0.39 is 0 Å². The number of hydrogen-bond donors (Lipinski definition) is 1. The highest BCUT2D eigenvalue weighted by molar-refractivity contribution is 7.99. The molecule has 0 bridgehead atoms. The Morgan fingerprint density at radius 1 is 1.03 bits per heavy atom.